The third-order valence-corrected chi connectivity index (χ3v) is 33.1. The SMILES string of the molecule is CCOP(=O)(OCC)C1(P(=O)(OCC)OCC)C23c4c5c6c7c8c9c(c%10c%11c2c2c4c4c%12c5c5c6c6c8c8c%13c9c9c%10c%10c%11c%11c2c2c4c4c%12c%12c5c5c6c8c6c8c%13c9c9c%10c%10c%11c2c2c4c4c%12c5c6c5c8c9c%10c2c45)C731. The van der Waals surface area contributed by atoms with E-state index in [1.807, 2.05) is 27.7 Å². The monoisotopic (exact) mass is 1010 g/mol. The van der Waals surface area contributed by atoms with Crippen molar-refractivity contribution in [3.8, 4) is 0 Å². The molecule has 0 N–H and O–H groups in total. The van der Waals surface area contributed by atoms with E-state index in [1.165, 1.54) is 259 Å². The maximum Gasteiger partial charge on any atom is 0.351 e. The van der Waals surface area contributed by atoms with Gasteiger partial charge in [0.25, 0.3) is 0 Å². The second-order valence-corrected chi connectivity index (χ2v) is 31.3. The maximum absolute atomic E-state index is 18.2. The van der Waals surface area contributed by atoms with E-state index in [2.05, 4.69) is 0 Å². The molecule has 0 unspecified atom stereocenters. The van der Waals surface area contributed by atoms with Gasteiger partial charge in [-0.15, -0.1) is 0 Å². The number of hydrogen-bond acceptors (Lipinski definition) is 6. The Labute approximate surface area is 423 Å². The summed E-state index contributed by atoms with van der Waals surface area (Å²) in [5, 5.41) is 79.1. The van der Waals surface area contributed by atoms with E-state index in [0.29, 0.717) is 0 Å². The summed E-state index contributed by atoms with van der Waals surface area (Å²) in [5.41, 5.74) is 2.59. The summed E-state index contributed by atoms with van der Waals surface area (Å²) in [6.45, 7) is 8.29. The van der Waals surface area contributed by atoms with Gasteiger partial charge < -0.3 is 18.1 Å². The minimum Gasteiger partial charge on any atom is -0.308 e. The Balaban J connectivity index is 1.13. The molecular weight excluding hydrogens is 987 g/mol. The van der Waals surface area contributed by atoms with E-state index in [4.69, 9.17) is 18.1 Å². The Kier molecular flexibility index (Phi) is 3.18. The summed E-state index contributed by atoms with van der Waals surface area (Å²) in [4.78, 5) is -1.82. The number of rotatable bonds is 10. The smallest absolute Gasteiger partial charge is 0.308 e. The van der Waals surface area contributed by atoms with Crippen LogP contribution >= 0.6 is 15.2 Å². The summed E-state index contributed by atoms with van der Waals surface area (Å²) in [6.07, 6.45) is 0. The van der Waals surface area contributed by atoms with Gasteiger partial charge in [-0.1, -0.05) is 0 Å². The second-order valence-electron chi connectivity index (χ2n) is 26.6. The zero-order valence-electron chi connectivity index (χ0n) is 40.7. The van der Waals surface area contributed by atoms with Gasteiger partial charge >= 0.3 is 15.2 Å². The van der Waals surface area contributed by atoms with Gasteiger partial charge in [0, 0.05) is 0 Å². The summed E-state index contributed by atoms with van der Waals surface area (Å²) in [7, 11) is -9.22. The van der Waals surface area contributed by atoms with Crippen LogP contribution in [0.2, 0.25) is 0 Å². The molecule has 0 aliphatic heterocycles. The summed E-state index contributed by atoms with van der Waals surface area (Å²) >= 11 is 0. The molecule has 77 heavy (non-hydrogen) atoms. The molecule has 0 saturated heterocycles. The van der Waals surface area contributed by atoms with E-state index >= 15 is 9.13 Å². The van der Waals surface area contributed by atoms with E-state index in [9.17, 15) is 0 Å². The van der Waals surface area contributed by atoms with Gasteiger partial charge in [-0.05, 0) is 341 Å². The standard InChI is InChI=1S/C69H20O6P2/c1-5-72-76(70,73-6-2)69(77(71,74-7-3)75-8-4)67-63-55-47-37-27-19-11-9-10-13-17-15(11)23-31-25(17)35-29-21(13)22-14(10)18-16-12(9)20(19)28-34-24(16)32-26(18)36-30(22)40-39(29)49-43(35)53-45(31)51(41(47)33(23)27)59(63)61(53)65-57(49)58-50(40)44(36)54-46(32)52-42(34)48(38(28)37)56(55)64(67)60(52)62(54)66(58)68(65,67)69/h5-8H2,1-4H3. The van der Waals surface area contributed by atoms with Crippen LogP contribution in [0, 0.1) is 0 Å². The molecule has 342 valence electrons. The van der Waals surface area contributed by atoms with Crippen LogP contribution in [0.3, 0.4) is 0 Å². The summed E-state index contributed by atoms with van der Waals surface area (Å²) in [6, 6.07) is 0. The highest BCUT2D eigenvalue weighted by atomic mass is 31.2. The van der Waals surface area contributed by atoms with Crippen LogP contribution in [0.4, 0.5) is 0 Å². The minimum atomic E-state index is -4.61. The quantitative estimate of drug-likeness (QED) is 0.100. The van der Waals surface area contributed by atoms with Crippen molar-refractivity contribution in [2.75, 3.05) is 26.4 Å². The highest BCUT2D eigenvalue weighted by Gasteiger charge is 3.06. The molecular formula is C69H20O6P2. The van der Waals surface area contributed by atoms with E-state index in [-0.39, 0.29) is 26.4 Å². The number of benzene rings is 18. The molecule has 33 rings (SSSR count). The molecule has 0 radical (unpaired) electrons. The lowest BCUT2D eigenvalue weighted by Gasteiger charge is -2.36. The van der Waals surface area contributed by atoms with Crippen LogP contribution in [0.25, 0.3) is 291 Å². The van der Waals surface area contributed by atoms with Crippen molar-refractivity contribution in [2.24, 2.45) is 0 Å². The Morgan fingerprint density at radius 3 is 0.416 bits per heavy atom. The maximum atomic E-state index is 18.2. The fourth-order valence-corrected chi connectivity index (χ4v) is 33.8. The van der Waals surface area contributed by atoms with Crippen molar-refractivity contribution >= 4 is 306 Å². The molecule has 0 bridgehead atoms. The van der Waals surface area contributed by atoms with E-state index in [1.54, 1.807) is 53.9 Å². The van der Waals surface area contributed by atoms with Crippen LogP contribution in [0.15, 0.2) is 0 Å². The van der Waals surface area contributed by atoms with Crippen LogP contribution < -0.4 is 0 Å². The van der Waals surface area contributed by atoms with Crippen LogP contribution in [-0.4, -0.2) is 31.3 Å². The first kappa shape index (κ1) is 32.5. The minimum absolute atomic E-state index is 0.127. The molecule has 8 heteroatoms. The van der Waals surface area contributed by atoms with E-state index < -0.39 is 30.9 Å². The van der Waals surface area contributed by atoms with Crippen molar-refractivity contribution in [2.45, 2.75) is 43.4 Å². The van der Waals surface area contributed by atoms with Crippen LogP contribution in [-0.2, 0) is 38.1 Å². The van der Waals surface area contributed by atoms with Crippen molar-refractivity contribution in [1.29, 1.82) is 0 Å². The average molecular weight is 1010 g/mol. The summed E-state index contributed by atoms with van der Waals surface area (Å²) in [5.74, 6) is 0. The zero-order chi connectivity index (χ0) is 47.6. The van der Waals surface area contributed by atoms with Crippen molar-refractivity contribution in [1.82, 2.24) is 0 Å². The molecule has 5 aliphatic carbocycles. The first-order valence-electron chi connectivity index (χ1n) is 28.5. The average Bonchev–Trinajstić information content (AvgIpc) is 1.41. The lowest BCUT2D eigenvalue weighted by molar-refractivity contribution is 0.188. The van der Waals surface area contributed by atoms with Crippen LogP contribution in [0.5, 0.6) is 0 Å². The van der Waals surface area contributed by atoms with Gasteiger partial charge in [0.05, 0.1) is 37.3 Å². The normalized spacial score (nSPS) is 20.0. The predicted octanol–water partition coefficient (Wildman–Crippen LogP) is 19.5. The van der Waals surface area contributed by atoms with Gasteiger partial charge in [-0.2, -0.15) is 0 Å². The van der Waals surface area contributed by atoms with Gasteiger partial charge in [0.1, 0.15) is 0 Å². The Hall–Kier alpha value is -7.24. The predicted molar refractivity (Wildman–Crippen MR) is 318 cm³/mol. The van der Waals surface area contributed by atoms with Gasteiger partial charge in [0.2, 0.25) is 4.90 Å². The third-order valence-electron chi connectivity index (χ3n) is 26.3. The van der Waals surface area contributed by atoms with Gasteiger partial charge in [-0.3, -0.25) is 9.13 Å². The first-order chi connectivity index (χ1) is 38.0. The zero-order valence-corrected chi connectivity index (χ0v) is 42.5. The van der Waals surface area contributed by atoms with Crippen molar-refractivity contribution in [3.63, 3.8) is 0 Å². The van der Waals surface area contributed by atoms with Crippen LogP contribution in [0.1, 0.15) is 49.9 Å². The molecule has 0 heterocycles. The molecule has 1 saturated carbocycles. The molecule has 6 nitrogen and oxygen atoms in total. The lowest BCUT2D eigenvalue weighted by atomic mass is 9.68. The highest BCUT2D eigenvalue weighted by Crippen LogP contribution is 3.07. The van der Waals surface area contributed by atoms with Gasteiger partial charge in [-0.25, -0.2) is 0 Å². The Morgan fingerprint density at radius 1 is 0.208 bits per heavy atom. The van der Waals surface area contributed by atoms with Gasteiger partial charge in [0.15, 0.2) is 0 Å². The summed E-state index contributed by atoms with van der Waals surface area (Å²) < 4.78 is 65.1. The molecule has 5 aliphatic rings. The Morgan fingerprint density at radius 2 is 0.312 bits per heavy atom. The lowest BCUT2D eigenvalue weighted by Crippen LogP contribution is -2.29. The topological polar surface area (TPSA) is 71.1 Å². The largest absolute Gasteiger partial charge is 0.351 e. The molecule has 1 fully saturated rings. The molecule has 28 aromatic carbocycles. The molecule has 0 atom stereocenters. The number of hydrogen-bond donors (Lipinski definition) is 0. The van der Waals surface area contributed by atoms with E-state index in [0.717, 1.165) is 0 Å². The first-order valence-corrected chi connectivity index (χ1v) is 31.6. The molecule has 0 aromatic heterocycles. The fraction of sp³-hybridized carbons (Fsp3) is 0.159. The fourth-order valence-electron chi connectivity index (χ4n) is 26.6. The Bertz CT molecular complexity index is 6950. The van der Waals surface area contributed by atoms with Crippen molar-refractivity contribution in [3.05, 3.63) is 22.3 Å². The third kappa shape index (κ3) is 1.77. The van der Waals surface area contributed by atoms with Crippen molar-refractivity contribution < 1.29 is 27.2 Å². The highest BCUT2D eigenvalue weighted by molar-refractivity contribution is 7.75. The second kappa shape index (κ2) is 7.53. The molecule has 0 amide bonds. The molecule has 2 spiro atoms. The molecule has 28 aromatic rings.